The van der Waals surface area contributed by atoms with Crippen molar-refractivity contribution in [1.82, 2.24) is 19.5 Å². The summed E-state index contributed by atoms with van der Waals surface area (Å²) in [5, 5.41) is 2.67. The second-order valence-electron chi connectivity index (χ2n) is 3.88. The van der Waals surface area contributed by atoms with Crippen molar-refractivity contribution < 1.29 is 4.79 Å². The number of nitrogens with zero attached hydrogens (tertiary/aromatic N) is 3. The van der Waals surface area contributed by atoms with Gasteiger partial charge < -0.3 is 4.98 Å². The van der Waals surface area contributed by atoms with Crippen LogP contribution < -0.4 is 5.32 Å². The summed E-state index contributed by atoms with van der Waals surface area (Å²) in [6, 6.07) is 9.55. The summed E-state index contributed by atoms with van der Waals surface area (Å²) in [6.45, 7) is 0. The molecule has 0 aliphatic heterocycles. The number of aromatic nitrogens is 4. The molecule has 0 atom stereocenters. The van der Waals surface area contributed by atoms with Crippen molar-refractivity contribution in [2.75, 3.05) is 5.32 Å². The summed E-state index contributed by atoms with van der Waals surface area (Å²) in [5.74, 6) is 0.141. The Hall–Kier alpha value is -2.89. The van der Waals surface area contributed by atoms with Crippen molar-refractivity contribution in [3.63, 3.8) is 0 Å². The highest BCUT2D eigenvalue weighted by Crippen LogP contribution is 2.11. The lowest BCUT2D eigenvalue weighted by Gasteiger charge is -2.07. The number of benzene rings is 1. The van der Waals surface area contributed by atoms with Crippen molar-refractivity contribution in [1.29, 1.82) is 0 Å². The molecule has 6 heteroatoms. The number of H-pyrrole nitrogens is 1. The molecule has 0 spiro atoms. The molecule has 0 aliphatic rings. The monoisotopic (exact) mass is 253 g/mol. The largest absolute Gasteiger partial charge is 0.331 e. The number of amides is 1. The maximum atomic E-state index is 12.1. The second kappa shape index (κ2) is 4.77. The van der Waals surface area contributed by atoms with E-state index in [4.69, 9.17) is 0 Å². The first-order valence-corrected chi connectivity index (χ1v) is 5.73. The average Bonchev–Trinajstić information content (AvgIpc) is 3.10. The van der Waals surface area contributed by atoms with E-state index in [1.54, 1.807) is 23.3 Å². The number of carbonyl (C=O) groups excluding carboxylic acids is 1. The fraction of sp³-hybridized carbons (Fsp3) is 0. The predicted octanol–water partition coefficient (Wildman–Crippen LogP) is 1.85. The minimum atomic E-state index is -0.267. The number of hydrogen-bond acceptors (Lipinski definition) is 3. The van der Waals surface area contributed by atoms with Gasteiger partial charge in [0.15, 0.2) is 0 Å². The van der Waals surface area contributed by atoms with Crippen molar-refractivity contribution >= 4 is 11.9 Å². The summed E-state index contributed by atoms with van der Waals surface area (Å²) in [5.41, 5.74) is 1.33. The van der Waals surface area contributed by atoms with Gasteiger partial charge in [0.05, 0.1) is 12.5 Å². The third kappa shape index (κ3) is 2.23. The Balaban J connectivity index is 1.90. The van der Waals surface area contributed by atoms with E-state index in [1.807, 2.05) is 30.3 Å². The number of carbonyl (C=O) groups is 1. The molecule has 6 nitrogen and oxygen atoms in total. The van der Waals surface area contributed by atoms with Gasteiger partial charge >= 0.3 is 0 Å². The molecular weight excluding hydrogens is 242 g/mol. The number of para-hydroxylation sites is 1. The third-order valence-corrected chi connectivity index (χ3v) is 2.64. The molecule has 19 heavy (non-hydrogen) atoms. The number of hydrogen-bond donors (Lipinski definition) is 2. The van der Waals surface area contributed by atoms with Gasteiger partial charge in [-0.2, -0.15) is 0 Å². The van der Waals surface area contributed by atoms with Crippen LogP contribution in [0.3, 0.4) is 0 Å². The van der Waals surface area contributed by atoms with Crippen molar-refractivity contribution in [2.24, 2.45) is 0 Å². The SMILES string of the molecule is O=C(Nc1ncc[nH]1)c1cncn1-c1ccccc1. The zero-order chi connectivity index (χ0) is 13.1. The molecular formula is C13H11N5O. The Bertz CT molecular complexity index is 672. The van der Waals surface area contributed by atoms with E-state index < -0.39 is 0 Å². The van der Waals surface area contributed by atoms with Crippen LogP contribution in [0, 0.1) is 0 Å². The third-order valence-electron chi connectivity index (χ3n) is 2.64. The van der Waals surface area contributed by atoms with Crippen LogP contribution >= 0.6 is 0 Å². The summed E-state index contributed by atoms with van der Waals surface area (Å²) >= 11 is 0. The molecule has 0 saturated carbocycles. The van der Waals surface area contributed by atoms with Crippen LogP contribution in [0.1, 0.15) is 10.5 Å². The van der Waals surface area contributed by atoms with E-state index in [-0.39, 0.29) is 5.91 Å². The highest BCUT2D eigenvalue weighted by molar-refractivity contribution is 6.02. The molecule has 2 N–H and O–H groups in total. The van der Waals surface area contributed by atoms with Crippen LogP contribution in [0.2, 0.25) is 0 Å². The van der Waals surface area contributed by atoms with Crippen LogP contribution in [0.5, 0.6) is 0 Å². The number of nitrogens with one attached hydrogen (secondary N) is 2. The molecule has 1 aromatic carbocycles. The lowest BCUT2D eigenvalue weighted by Crippen LogP contribution is -2.16. The molecule has 3 rings (SSSR count). The van der Waals surface area contributed by atoms with E-state index in [0.29, 0.717) is 11.6 Å². The van der Waals surface area contributed by atoms with Gasteiger partial charge in [-0.25, -0.2) is 9.97 Å². The topological polar surface area (TPSA) is 75.6 Å². The van der Waals surface area contributed by atoms with Gasteiger partial charge in [-0.05, 0) is 12.1 Å². The smallest absolute Gasteiger partial charge is 0.276 e. The molecule has 0 bridgehead atoms. The second-order valence-corrected chi connectivity index (χ2v) is 3.88. The average molecular weight is 253 g/mol. The van der Waals surface area contributed by atoms with E-state index in [2.05, 4.69) is 20.3 Å². The van der Waals surface area contributed by atoms with E-state index in [9.17, 15) is 4.79 Å². The van der Waals surface area contributed by atoms with Crippen LogP contribution in [-0.2, 0) is 0 Å². The first kappa shape index (κ1) is 11.2. The molecule has 2 heterocycles. The molecule has 3 aromatic rings. The van der Waals surface area contributed by atoms with Crippen LogP contribution in [0.25, 0.3) is 5.69 Å². The Labute approximate surface area is 109 Å². The van der Waals surface area contributed by atoms with Gasteiger partial charge in [-0.15, -0.1) is 0 Å². The van der Waals surface area contributed by atoms with Crippen LogP contribution in [-0.4, -0.2) is 25.4 Å². The lowest BCUT2D eigenvalue weighted by molar-refractivity contribution is 0.102. The summed E-state index contributed by atoms with van der Waals surface area (Å²) in [6.07, 6.45) is 6.34. The van der Waals surface area contributed by atoms with Crippen molar-refractivity contribution in [2.45, 2.75) is 0 Å². The number of rotatable bonds is 3. The van der Waals surface area contributed by atoms with Gasteiger partial charge in [0.1, 0.15) is 5.69 Å². The van der Waals surface area contributed by atoms with Crippen molar-refractivity contribution in [3.8, 4) is 5.69 Å². The molecule has 2 aromatic heterocycles. The Morgan fingerprint density at radius 1 is 1.26 bits per heavy atom. The van der Waals surface area contributed by atoms with Crippen LogP contribution in [0.15, 0.2) is 55.2 Å². The Morgan fingerprint density at radius 3 is 2.84 bits per heavy atom. The Kier molecular flexibility index (Phi) is 2.82. The molecule has 0 fully saturated rings. The minimum absolute atomic E-state index is 0.267. The summed E-state index contributed by atoms with van der Waals surface area (Å²) < 4.78 is 1.72. The molecule has 1 amide bonds. The van der Waals surface area contributed by atoms with Gasteiger partial charge in [-0.3, -0.25) is 14.7 Å². The number of aromatic amines is 1. The standard InChI is InChI=1S/C13H11N5O/c19-12(17-13-15-6-7-16-13)11-8-14-9-18(11)10-4-2-1-3-5-10/h1-9H,(H2,15,16,17,19). The molecule has 0 aliphatic carbocycles. The zero-order valence-corrected chi connectivity index (χ0v) is 9.95. The van der Waals surface area contributed by atoms with Gasteiger partial charge in [0.2, 0.25) is 5.95 Å². The van der Waals surface area contributed by atoms with Gasteiger partial charge in [0, 0.05) is 18.1 Å². The molecule has 0 saturated heterocycles. The quantitative estimate of drug-likeness (QED) is 0.748. The summed E-state index contributed by atoms with van der Waals surface area (Å²) in [7, 11) is 0. The maximum absolute atomic E-state index is 12.1. The number of imidazole rings is 2. The zero-order valence-electron chi connectivity index (χ0n) is 9.95. The Morgan fingerprint density at radius 2 is 2.11 bits per heavy atom. The van der Waals surface area contributed by atoms with Gasteiger partial charge in [0.25, 0.3) is 5.91 Å². The number of anilines is 1. The van der Waals surface area contributed by atoms with Crippen molar-refractivity contribution in [3.05, 3.63) is 60.9 Å². The first-order valence-electron chi connectivity index (χ1n) is 5.73. The van der Waals surface area contributed by atoms with E-state index in [0.717, 1.165) is 5.69 Å². The van der Waals surface area contributed by atoms with Gasteiger partial charge in [-0.1, -0.05) is 18.2 Å². The maximum Gasteiger partial charge on any atom is 0.276 e. The molecule has 0 unspecified atom stereocenters. The fourth-order valence-electron chi connectivity index (χ4n) is 1.76. The van der Waals surface area contributed by atoms with E-state index >= 15 is 0 Å². The normalized spacial score (nSPS) is 10.3. The minimum Gasteiger partial charge on any atom is -0.331 e. The van der Waals surface area contributed by atoms with E-state index in [1.165, 1.54) is 6.20 Å². The van der Waals surface area contributed by atoms with Crippen LogP contribution in [0.4, 0.5) is 5.95 Å². The predicted molar refractivity (Wildman–Crippen MR) is 70.1 cm³/mol. The molecule has 94 valence electrons. The fourth-order valence-corrected chi connectivity index (χ4v) is 1.76. The molecule has 0 radical (unpaired) electrons. The lowest BCUT2D eigenvalue weighted by atomic mass is 10.3. The highest BCUT2D eigenvalue weighted by atomic mass is 16.2. The highest BCUT2D eigenvalue weighted by Gasteiger charge is 2.13. The summed E-state index contributed by atoms with van der Waals surface area (Å²) in [4.78, 5) is 22.9. The first-order chi connectivity index (χ1) is 9.34.